The summed E-state index contributed by atoms with van der Waals surface area (Å²) in [5.74, 6) is -0.217. The third kappa shape index (κ3) is 3.53. The molecule has 1 aromatic rings. The van der Waals surface area contributed by atoms with Crippen LogP contribution in [0, 0.1) is 5.82 Å². The third-order valence-electron chi connectivity index (χ3n) is 4.54. The Kier molecular flexibility index (Phi) is 5.17. The van der Waals surface area contributed by atoms with Gasteiger partial charge >= 0.3 is 0 Å². The Hall–Kier alpha value is -1.19. The van der Waals surface area contributed by atoms with Crippen LogP contribution in [0.1, 0.15) is 45.1 Å². The molecular weight excluding hydrogens is 263 g/mol. The maximum absolute atomic E-state index is 13.3. The lowest BCUT2D eigenvalue weighted by atomic mass is 9.77. The molecular formula is C18H27FN2. The zero-order valence-electron chi connectivity index (χ0n) is 13.2. The second-order valence-corrected chi connectivity index (χ2v) is 6.35. The maximum atomic E-state index is 13.3. The predicted molar refractivity (Wildman–Crippen MR) is 86.6 cm³/mol. The molecule has 0 bridgehead atoms. The van der Waals surface area contributed by atoms with Gasteiger partial charge in [-0.25, -0.2) is 4.39 Å². The van der Waals surface area contributed by atoms with Gasteiger partial charge in [-0.05, 0) is 63.4 Å². The highest BCUT2D eigenvalue weighted by Crippen LogP contribution is 2.35. The quantitative estimate of drug-likeness (QED) is 0.807. The first-order chi connectivity index (χ1) is 9.97. The number of halogens is 1. The molecule has 1 heterocycles. The normalized spacial score (nSPS) is 20.2. The van der Waals surface area contributed by atoms with Crippen LogP contribution in [-0.2, 0) is 5.54 Å². The SMILES string of the molecule is C=C(C)CC(N)(c1ccc(F)cc1)C(CC)N1CCCC1. The molecule has 0 aromatic heterocycles. The minimum absolute atomic E-state index is 0.217. The number of likely N-dealkylation sites (tertiary alicyclic amines) is 1. The van der Waals surface area contributed by atoms with Crippen LogP contribution < -0.4 is 5.73 Å². The number of rotatable bonds is 6. The fourth-order valence-electron chi connectivity index (χ4n) is 3.67. The topological polar surface area (TPSA) is 29.3 Å². The molecule has 2 N–H and O–H groups in total. The van der Waals surface area contributed by atoms with E-state index in [0.717, 1.165) is 37.1 Å². The fraction of sp³-hybridized carbons (Fsp3) is 0.556. The van der Waals surface area contributed by atoms with Gasteiger partial charge in [0.15, 0.2) is 0 Å². The van der Waals surface area contributed by atoms with Crippen molar-refractivity contribution >= 4 is 0 Å². The lowest BCUT2D eigenvalue weighted by molar-refractivity contribution is 0.139. The van der Waals surface area contributed by atoms with E-state index in [1.54, 1.807) is 0 Å². The van der Waals surface area contributed by atoms with Crippen LogP contribution in [0.4, 0.5) is 4.39 Å². The molecule has 21 heavy (non-hydrogen) atoms. The van der Waals surface area contributed by atoms with Gasteiger partial charge in [0.25, 0.3) is 0 Å². The molecule has 2 nitrogen and oxygen atoms in total. The van der Waals surface area contributed by atoms with Gasteiger partial charge in [-0.2, -0.15) is 0 Å². The monoisotopic (exact) mass is 290 g/mol. The molecule has 1 saturated heterocycles. The van der Waals surface area contributed by atoms with E-state index >= 15 is 0 Å². The molecule has 2 rings (SSSR count). The summed E-state index contributed by atoms with van der Waals surface area (Å²) in [6.45, 7) is 10.5. The van der Waals surface area contributed by atoms with E-state index in [-0.39, 0.29) is 11.9 Å². The van der Waals surface area contributed by atoms with Gasteiger partial charge in [-0.3, -0.25) is 4.90 Å². The van der Waals surface area contributed by atoms with Crippen LogP contribution in [0.25, 0.3) is 0 Å². The first kappa shape index (κ1) is 16.2. The second-order valence-electron chi connectivity index (χ2n) is 6.35. The van der Waals surface area contributed by atoms with Crippen molar-refractivity contribution in [2.24, 2.45) is 5.73 Å². The molecule has 1 aliphatic heterocycles. The highest BCUT2D eigenvalue weighted by atomic mass is 19.1. The summed E-state index contributed by atoms with van der Waals surface area (Å²) in [6.07, 6.45) is 4.20. The van der Waals surface area contributed by atoms with Crippen LogP contribution in [0.15, 0.2) is 36.4 Å². The number of nitrogens with two attached hydrogens (primary N) is 1. The van der Waals surface area contributed by atoms with Crippen LogP contribution in [0.5, 0.6) is 0 Å². The Labute approximate surface area is 127 Å². The Bertz CT molecular complexity index is 476. The first-order valence-electron chi connectivity index (χ1n) is 7.90. The Morgan fingerprint density at radius 1 is 1.33 bits per heavy atom. The van der Waals surface area contributed by atoms with Crippen LogP contribution in [-0.4, -0.2) is 24.0 Å². The average molecular weight is 290 g/mol. The lowest BCUT2D eigenvalue weighted by Crippen LogP contribution is -2.55. The lowest BCUT2D eigenvalue weighted by Gasteiger charge is -2.43. The van der Waals surface area contributed by atoms with Crippen molar-refractivity contribution in [3.63, 3.8) is 0 Å². The molecule has 0 spiro atoms. The number of nitrogens with zero attached hydrogens (tertiary/aromatic N) is 1. The maximum Gasteiger partial charge on any atom is 0.123 e. The number of hydrogen-bond donors (Lipinski definition) is 1. The molecule has 0 saturated carbocycles. The van der Waals surface area contributed by atoms with E-state index in [1.165, 1.54) is 25.0 Å². The van der Waals surface area contributed by atoms with Gasteiger partial charge in [0.05, 0.1) is 5.54 Å². The molecule has 1 aliphatic rings. The highest BCUT2D eigenvalue weighted by molar-refractivity contribution is 5.29. The van der Waals surface area contributed by atoms with Gasteiger partial charge in [0.1, 0.15) is 5.82 Å². The summed E-state index contributed by atoms with van der Waals surface area (Å²) in [5.41, 5.74) is 8.45. The second kappa shape index (κ2) is 6.71. The first-order valence-corrected chi connectivity index (χ1v) is 7.90. The van der Waals surface area contributed by atoms with Gasteiger partial charge in [0, 0.05) is 6.04 Å². The van der Waals surface area contributed by atoms with Crippen molar-refractivity contribution in [3.05, 3.63) is 47.8 Å². The number of benzene rings is 1. The zero-order valence-corrected chi connectivity index (χ0v) is 13.2. The summed E-state index contributed by atoms with van der Waals surface area (Å²) in [5, 5.41) is 0. The van der Waals surface area contributed by atoms with Gasteiger partial charge in [-0.1, -0.05) is 24.6 Å². The van der Waals surface area contributed by atoms with Gasteiger partial charge in [-0.15, -0.1) is 6.58 Å². The van der Waals surface area contributed by atoms with E-state index in [2.05, 4.69) is 18.4 Å². The molecule has 3 heteroatoms. The molecule has 116 valence electrons. The smallest absolute Gasteiger partial charge is 0.123 e. The standard InChI is InChI=1S/C18H27FN2/c1-4-17(21-11-5-6-12-21)18(20,13-14(2)3)15-7-9-16(19)10-8-15/h7-10,17H,2,4-6,11-13,20H2,1,3H3. The highest BCUT2D eigenvalue weighted by Gasteiger charge is 2.39. The molecule has 0 radical (unpaired) electrons. The minimum Gasteiger partial charge on any atom is -0.320 e. The Morgan fingerprint density at radius 2 is 1.90 bits per heavy atom. The summed E-state index contributed by atoms with van der Waals surface area (Å²) in [6, 6.07) is 6.94. The summed E-state index contributed by atoms with van der Waals surface area (Å²) in [4.78, 5) is 2.49. The molecule has 2 atom stereocenters. The van der Waals surface area contributed by atoms with E-state index in [0.29, 0.717) is 0 Å². The van der Waals surface area contributed by atoms with Crippen molar-refractivity contribution in [2.45, 2.75) is 51.1 Å². The van der Waals surface area contributed by atoms with E-state index in [9.17, 15) is 4.39 Å². The van der Waals surface area contributed by atoms with E-state index in [4.69, 9.17) is 5.73 Å². The van der Waals surface area contributed by atoms with Crippen molar-refractivity contribution in [1.29, 1.82) is 0 Å². The van der Waals surface area contributed by atoms with Crippen LogP contribution in [0.2, 0.25) is 0 Å². The van der Waals surface area contributed by atoms with Gasteiger partial charge in [0.2, 0.25) is 0 Å². The third-order valence-corrected chi connectivity index (χ3v) is 4.54. The summed E-state index contributed by atoms with van der Waals surface area (Å²) >= 11 is 0. The summed E-state index contributed by atoms with van der Waals surface area (Å²) in [7, 11) is 0. The molecule has 2 unspecified atom stereocenters. The number of hydrogen-bond acceptors (Lipinski definition) is 2. The average Bonchev–Trinajstić information content (AvgIpc) is 2.93. The van der Waals surface area contributed by atoms with Crippen molar-refractivity contribution in [3.8, 4) is 0 Å². The van der Waals surface area contributed by atoms with E-state index < -0.39 is 5.54 Å². The minimum atomic E-state index is -0.501. The molecule has 1 fully saturated rings. The predicted octanol–water partition coefficient (Wildman–Crippen LogP) is 3.82. The van der Waals surface area contributed by atoms with Crippen molar-refractivity contribution in [2.75, 3.05) is 13.1 Å². The Balaban J connectivity index is 2.38. The van der Waals surface area contributed by atoms with E-state index in [1.807, 2.05) is 19.1 Å². The van der Waals surface area contributed by atoms with Crippen LogP contribution in [0.3, 0.4) is 0 Å². The molecule has 1 aromatic carbocycles. The van der Waals surface area contributed by atoms with Gasteiger partial charge < -0.3 is 5.73 Å². The molecule has 0 amide bonds. The van der Waals surface area contributed by atoms with Crippen LogP contribution >= 0.6 is 0 Å². The summed E-state index contributed by atoms with van der Waals surface area (Å²) < 4.78 is 13.3. The fourth-order valence-corrected chi connectivity index (χ4v) is 3.67. The molecule has 0 aliphatic carbocycles. The van der Waals surface area contributed by atoms with Crippen molar-refractivity contribution < 1.29 is 4.39 Å². The largest absolute Gasteiger partial charge is 0.320 e. The zero-order chi connectivity index (χ0) is 15.5. The Morgan fingerprint density at radius 3 is 2.38 bits per heavy atom. The van der Waals surface area contributed by atoms with Crippen molar-refractivity contribution in [1.82, 2.24) is 4.90 Å².